The maximum atomic E-state index is 13.9. The molecule has 2 amide bonds. The lowest BCUT2D eigenvalue weighted by Gasteiger charge is -2.50. The highest BCUT2D eigenvalue weighted by Crippen LogP contribution is 2.50. The first kappa shape index (κ1) is 23.2. The van der Waals surface area contributed by atoms with Gasteiger partial charge in [0.05, 0.1) is 0 Å². The minimum atomic E-state index is -5.21. The fourth-order valence-corrected chi connectivity index (χ4v) is 5.10. The van der Waals surface area contributed by atoms with Crippen LogP contribution >= 0.6 is 0 Å². The highest BCUT2D eigenvalue weighted by atomic mass is 19.4. The number of likely N-dealkylation sites (tertiary alicyclic amines) is 1. The maximum absolute atomic E-state index is 13.9. The van der Waals surface area contributed by atoms with Crippen LogP contribution in [0, 0.1) is 11.2 Å². The Hall–Kier alpha value is -2.94. The van der Waals surface area contributed by atoms with Crippen molar-refractivity contribution in [1.29, 1.82) is 0 Å². The van der Waals surface area contributed by atoms with Crippen molar-refractivity contribution in [1.82, 2.24) is 10.2 Å². The van der Waals surface area contributed by atoms with E-state index >= 15 is 0 Å². The summed E-state index contributed by atoms with van der Waals surface area (Å²) in [6, 6.07) is 12.3. The van der Waals surface area contributed by atoms with Crippen molar-refractivity contribution < 1.29 is 32.3 Å². The molecule has 2 aliphatic heterocycles. The first-order valence-electron chi connectivity index (χ1n) is 10.7. The van der Waals surface area contributed by atoms with Crippen LogP contribution in [0.3, 0.4) is 0 Å². The van der Waals surface area contributed by atoms with Gasteiger partial charge in [0.25, 0.3) is 11.5 Å². The molecule has 0 radical (unpaired) electrons. The molecule has 2 unspecified atom stereocenters. The van der Waals surface area contributed by atoms with Crippen molar-refractivity contribution in [3.8, 4) is 0 Å². The van der Waals surface area contributed by atoms with E-state index in [1.807, 2.05) is 0 Å². The quantitative estimate of drug-likeness (QED) is 0.684. The molecule has 176 valence electrons. The van der Waals surface area contributed by atoms with E-state index in [1.54, 1.807) is 12.1 Å². The maximum Gasteiger partial charge on any atom is 0.430 e. The molecule has 4 rings (SSSR count). The molecule has 2 aromatic carbocycles. The Kier molecular flexibility index (Phi) is 5.94. The predicted octanol–water partition coefficient (Wildman–Crippen LogP) is 3.49. The van der Waals surface area contributed by atoms with Gasteiger partial charge >= 0.3 is 6.18 Å². The van der Waals surface area contributed by atoms with Gasteiger partial charge in [-0.2, -0.15) is 13.2 Å². The fourth-order valence-electron chi connectivity index (χ4n) is 5.10. The predicted molar refractivity (Wildman–Crippen MR) is 111 cm³/mol. The molecule has 2 aromatic rings. The van der Waals surface area contributed by atoms with Gasteiger partial charge in [0, 0.05) is 37.5 Å². The van der Waals surface area contributed by atoms with E-state index in [0.29, 0.717) is 6.54 Å². The van der Waals surface area contributed by atoms with Gasteiger partial charge in [-0.25, -0.2) is 4.39 Å². The minimum absolute atomic E-state index is 0.0327. The van der Waals surface area contributed by atoms with Crippen molar-refractivity contribution in [3.63, 3.8) is 0 Å². The fraction of sp³-hybridized carbons (Fsp3) is 0.417. The summed E-state index contributed by atoms with van der Waals surface area (Å²) in [4.78, 5) is 26.3. The second kappa shape index (κ2) is 8.44. The number of nitrogens with one attached hydrogen (secondary N) is 1. The van der Waals surface area contributed by atoms with E-state index < -0.39 is 28.7 Å². The second-order valence-electron chi connectivity index (χ2n) is 8.81. The van der Waals surface area contributed by atoms with Crippen LogP contribution in [-0.4, -0.2) is 47.6 Å². The Morgan fingerprint density at radius 2 is 1.64 bits per heavy atom. The van der Waals surface area contributed by atoms with Crippen LogP contribution in [0.5, 0.6) is 0 Å². The van der Waals surface area contributed by atoms with Gasteiger partial charge in [0.2, 0.25) is 5.91 Å². The van der Waals surface area contributed by atoms with Gasteiger partial charge in [-0.15, -0.1) is 0 Å². The van der Waals surface area contributed by atoms with Gasteiger partial charge in [-0.05, 0) is 36.0 Å². The number of hydrogen-bond donors (Lipinski definition) is 2. The largest absolute Gasteiger partial charge is 0.430 e. The van der Waals surface area contributed by atoms with E-state index in [9.17, 15) is 32.3 Å². The molecule has 2 heterocycles. The van der Waals surface area contributed by atoms with Crippen molar-refractivity contribution >= 4 is 11.8 Å². The Labute approximate surface area is 188 Å². The van der Waals surface area contributed by atoms with Gasteiger partial charge in [-0.1, -0.05) is 42.5 Å². The molecule has 2 fully saturated rings. The van der Waals surface area contributed by atoms with Crippen LogP contribution in [0.4, 0.5) is 17.6 Å². The lowest BCUT2D eigenvalue weighted by molar-refractivity contribution is -0.262. The summed E-state index contributed by atoms with van der Waals surface area (Å²) in [5.74, 6) is -2.14. The number of alkyl halides is 3. The first-order valence-corrected chi connectivity index (χ1v) is 10.7. The Balaban J connectivity index is 1.59. The molecule has 2 atom stereocenters. The zero-order chi connectivity index (χ0) is 23.9. The molecule has 2 saturated heterocycles. The average Bonchev–Trinajstić information content (AvgIpc) is 2.79. The van der Waals surface area contributed by atoms with E-state index in [-0.39, 0.29) is 50.0 Å². The van der Waals surface area contributed by atoms with Crippen LogP contribution in [0.1, 0.15) is 36.3 Å². The van der Waals surface area contributed by atoms with E-state index in [0.717, 1.165) is 22.6 Å². The smallest absolute Gasteiger partial charge is 0.369 e. The molecule has 0 aliphatic carbocycles. The standard InChI is InChI=1S/C24H24F4N2O3/c25-18-8-6-16(7-9-18)19-15-29-20(31)14-22(19)10-12-30(13-11-22)21(32)23(33,24(26,27)28)17-4-2-1-3-5-17/h1-9,19,33H,10-15H2,(H,29,31). The SMILES string of the molecule is O=C1CC2(CCN(C(=O)C(O)(c3ccccc3)C(F)(F)F)CC2)C(c2ccc(F)cc2)CN1. The average molecular weight is 464 g/mol. The number of halogens is 4. The summed E-state index contributed by atoms with van der Waals surface area (Å²) in [5.41, 5.74) is -3.93. The Bertz CT molecular complexity index is 1020. The second-order valence-corrected chi connectivity index (χ2v) is 8.81. The summed E-state index contributed by atoms with van der Waals surface area (Å²) >= 11 is 0. The number of rotatable bonds is 3. The normalized spacial score (nSPS) is 22.5. The number of piperidine rings is 2. The Morgan fingerprint density at radius 1 is 1.03 bits per heavy atom. The number of benzene rings is 2. The molecule has 0 saturated carbocycles. The van der Waals surface area contributed by atoms with Crippen molar-refractivity contribution in [2.24, 2.45) is 5.41 Å². The molecule has 2 N–H and O–H groups in total. The van der Waals surface area contributed by atoms with Crippen LogP contribution in [0.15, 0.2) is 54.6 Å². The lowest BCUT2D eigenvalue weighted by Crippen LogP contribution is -2.59. The van der Waals surface area contributed by atoms with Crippen molar-refractivity contribution in [2.75, 3.05) is 19.6 Å². The molecule has 5 nitrogen and oxygen atoms in total. The third-order valence-corrected chi connectivity index (χ3v) is 6.99. The number of hydrogen-bond acceptors (Lipinski definition) is 3. The highest BCUT2D eigenvalue weighted by molar-refractivity contribution is 5.87. The van der Waals surface area contributed by atoms with Crippen LogP contribution in [0.25, 0.3) is 0 Å². The van der Waals surface area contributed by atoms with Crippen molar-refractivity contribution in [2.45, 2.75) is 37.0 Å². The van der Waals surface area contributed by atoms with Gasteiger partial charge in [0.1, 0.15) is 5.82 Å². The molecule has 1 spiro atoms. The zero-order valence-electron chi connectivity index (χ0n) is 17.7. The molecule has 9 heteroatoms. The monoisotopic (exact) mass is 464 g/mol. The molecular weight excluding hydrogens is 440 g/mol. The highest BCUT2D eigenvalue weighted by Gasteiger charge is 2.62. The zero-order valence-corrected chi connectivity index (χ0v) is 17.7. The first-order chi connectivity index (χ1) is 15.6. The number of nitrogens with zero attached hydrogens (tertiary/aromatic N) is 1. The topological polar surface area (TPSA) is 69.6 Å². The Morgan fingerprint density at radius 3 is 2.21 bits per heavy atom. The molecule has 33 heavy (non-hydrogen) atoms. The van der Waals surface area contributed by atoms with E-state index in [4.69, 9.17) is 0 Å². The molecular formula is C24H24F4N2O3. The summed E-state index contributed by atoms with van der Waals surface area (Å²) in [7, 11) is 0. The van der Waals surface area contributed by atoms with Crippen LogP contribution < -0.4 is 5.32 Å². The van der Waals surface area contributed by atoms with Gasteiger partial charge in [-0.3, -0.25) is 9.59 Å². The van der Waals surface area contributed by atoms with E-state index in [1.165, 1.54) is 30.3 Å². The number of carbonyl (C=O) groups excluding carboxylic acids is 2. The lowest BCUT2D eigenvalue weighted by atomic mass is 9.62. The summed E-state index contributed by atoms with van der Waals surface area (Å²) in [6.45, 7) is 0.263. The summed E-state index contributed by atoms with van der Waals surface area (Å²) < 4.78 is 55.2. The molecule has 2 aliphatic rings. The number of aliphatic hydroxyl groups is 1. The molecule has 0 bridgehead atoms. The van der Waals surface area contributed by atoms with E-state index in [2.05, 4.69) is 5.32 Å². The van der Waals surface area contributed by atoms with Crippen molar-refractivity contribution in [3.05, 3.63) is 71.5 Å². The number of carbonyl (C=O) groups is 2. The minimum Gasteiger partial charge on any atom is -0.369 e. The molecule has 0 aromatic heterocycles. The third-order valence-electron chi connectivity index (χ3n) is 6.99. The third kappa shape index (κ3) is 4.10. The van der Waals surface area contributed by atoms with Gasteiger partial charge < -0.3 is 15.3 Å². The van der Waals surface area contributed by atoms with Gasteiger partial charge in [0.15, 0.2) is 0 Å². The summed E-state index contributed by atoms with van der Waals surface area (Å²) in [5, 5.41) is 13.4. The van der Waals surface area contributed by atoms with Crippen LogP contribution in [0.2, 0.25) is 0 Å². The number of amides is 2. The van der Waals surface area contributed by atoms with Crippen LogP contribution in [-0.2, 0) is 15.2 Å². The summed E-state index contributed by atoms with van der Waals surface area (Å²) in [6.07, 6.45) is -4.46.